The quantitative estimate of drug-likeness (QED) is 0.480. The number of para-hydroxylation sites is 2. The molecular weight excluding hydrogens is 377 g/mol. The molecule has 25 heavy (non-hydrogen) atoms. The van der Waals surface area contributed by atoms with E-state index in [1.165, 1.54) is 11.8 Å². The lowest BCUT2D eigenvalue weighted by Gasteiger charge is -2.14. The summed E-state index contributed by atoms with van der Waals surface area (Å²) in [6, 6.07) is 12.8. The van der Waals surface area contributed by atoms with E-state index in [0.29, 0.717) is 21.6 Å². The van der Waals surface area contributed by atoms with Crippen LogP contribution in [-0.4, -0.2) is 21.1 Å². The summed E-state index contributed by atoms with van der Waals surface area (Å²) in [5, 5.41) is 4.92. The zero-order valence-corrected chi connectivity index (χ0v) is 15.9. The Morgan fingerprint density at radius 2 is 1.76 bits per heavy atom. The van der Waals surface area contributed by atoms with Crippen molar-refractivity contribution in [1.29, 1.82) is 0 Å². The molecule has 3 rings (SSSR count). The highest BCUT2D eigenvalue weighted by Crippen LogP contribution is 2.32. The van der Waals surface area contributed by atoms with Gasteiger partial charge in [-0.15, -0.1) is 0 Å². The van der Waals surface area contributed by atoms with Gasteiger partial charge in [-0.1, -0.05) is 59.2 Å². The fourth-order valence-corrected chi connectivity index (χ4v) is 3.79. The van der Waals surface area contributed by atoms with E-state index in [2.05, 4.69) is 15.3 Å². The predicted octanol–water partition coefficient (Wildman–Crippen LogP) is 5.36. The van der Waals surface area contributed by atoms with Crippen molar-refractivity contribution in [3.63, 3.8) is 0 Å². The second-order valence-corrected chi connectivity index (χ2v) is 7.58. The van der Waals surface area contributed by atoms with Crippen LogP contribution in [0.1, 0.15) is 12.7 Å². The lowest BCUT2D eigenvalue weighted by atomic mass is 10.2. The number of carbonyl (C=O) groups excluding carboxylic acids is 1. The number of amides is 1. The summed E-state index contributed by atoms with van der Waals surface area (Å²) in [6.45, 7) is 3.65. The van der Waals surface area contributed by atoms with Gasteiger partial charge in [0.05, 0.1) is 26.5 Å². The summed E-state index contributed by atoms with van der Waals surface area (Å²) < 4.78 is 0. The van der Waals surface area contributed by atoms with E-state index in [4.69, 9.17) is 23.2 Å². The number of fused-ring (bicyclic) bond motifs is 1. The first-order chi connectivity index (χ1) is 12.0. The van der Waals surface area contributed by atoms with Crippen molar-refractivity contribution in [2.45, 2.75) is 24.1 Å². The highest BCUT2D eigenvalue weighted by atomic mass is 35.5. The molecular formula is C18H15Cl2N3OS. The van der Waals surface area contributed by atoms with Gasteiger partial charge in [-0.2, -0.15) is 0 Å². The second-order valence-electron chi connectivity index (χ2n) is 5.44. The summed E-state index contributed by atoms with van der Waals surface area (Å²) in [7, 11) is 0. The molecule has 1 aromatic heterocycles. The minimum Gasteiger partial charge on any atom is -0.323 e. The molecule has 128 valence electrons. The van der Waals surface area contributed by atoms with E-state index in [9.17, 15) is 4.79 Å². The Balaban J connectivity index is 1.83. The fourth-order valence-electron chi connectivity index (χ4n) is 2.31. The molecule has 1 atom stereocenters. The molecule has 1 heterocycles. The first-order valence-electron chi connectivity index (χ1n) is 7.60. The zero-order chi connectivity index (χ0) is 18.0. The van der Waals surface area contributed by atoms with Crippen LogP contribution in [-0.2, 0) is 4.79 Å². The SMILES string of the molecule is Cc1nc(SC(C)C(=O)Nc2c(Cl)cccc2Cl)c2ccccc2n1. The summed E-state index contributed by atoms with van der Waals surface area (Å²) >= 11 is 13.6. The Morgan fingerprint density at radius 1 is 1.08 bits per heavy atom. The van der Waals surface area contributed by atoms with E-state index in [1.54, 1.807) is 18.2 Å². The average molecular weight is 392 g/mol. The predicted molar refractivity (Wildman–Crippen MR) is 105 cm³/mol. The van der Waals surface area contributed by atoms with Crippen molar-refractivity contribution in [2.75, 3.05) is 5.32 Å². The van der Waals surface area contributed by atoms with Gasteiger partial charge < -0.3 is 5.32 Å². The number of hydrogen-bond acceptors (Lipinski definition) is 4. The minimum absolute atomic E-state index is 0.194. The Kier molecular flexibility index (Phi) is 5.47. The van der Waals surface area contributed by atoms with Crippen LogP contribution in [0, 0.1) is 6.92 Å². The summed E-state index contributed by atoms with van der Waals surface area (Å²) in [5.41, 5.74) is 1.28. The topological polar surface area (TPSA) is 54.9 Å². The van der Waals surface area contributed by atoms with Crippen LogP contribution in [0.25, 0.3) is 10.9 Å². The molecule has 7 heteroatoms. The molecule has 1 amide bonds. The molecule has 0 aliphatic rings. The van der Waals surface area contributed by atoms with E-state index in [1.807, 2.05) is 38.1 Å². The number of nitrogens with zero attached hydrogens (tertiary/aromatic N) is 2. The molecule has 0 spiro atoms. The van der Waals surface area contributed by atoms with Crippen molar-refractivity contribution in [1.82, 2.24) is 9.97 Å². The second kappa shape index (κ2) is 7.60. The molecule has 0 aliphatic heterocycles. The van der Waals surface area contributed by atoms with Gasteiger partial charge in [-0.05, 0) is 32.0 Å². The molecule has 0 bridgehead atoms. The first kappa shape index (κ1) is 18.0. The number of thioether (sulfide) groups is 1. The molecule has 2 aromatic carbocycles. The summed E-state index contributed by atoms with van der Waals surface area (Å²) in [5.74, 6) is 0.475. The Labute approximate surface area is 160 Å². The standard InChI is InChI=1S/C18H15Cl2N3OS/c1-10(17(24)23-16-13(19)7-5-8-14(16)20)25-18-12-6-3-4-9-15(12)21-11(2)22-18/h3-10H,1-2H3,(H,23,24). The van der Waals surface area contributed by atoms with Crippen LogP contribution in [0.2, 0.25) is 10.0 Å². The maximum Gasteiger partial charge on any atom is 0.237 e. The van der Waals surface area contributed by atoms with Crippen molar-refractivity contribution in [2.24, 2.45) is 0 Å². The molecule has 0 saturated heterocycles. The third-order valence-corrected chi connectivity index (χ3v) is 5.28. The zero-order valence-electron chi connectivity index (χ0n) is 13.6. The van der Waals surface area contributed by atoms with Gasteiger partial charge in [0.1, 0.15) is 10.9 Å². The molecule has 3 aromatic rings. The van der Waals surface area contributed by atoms with Crippen LogP contribution in [0.3, 0.4) is 0 Å². The number of anilines is 1. The molecule has 1 unspecified atom stereocenters. The lowest BCUT2D eigenvalue weighted by molar-refractivity contribution is -0.115. The van der Waals surface area contributed by atoms with Gasteiger partial charge >= 0.3 is 0 Å². The maximum atomic E-state index is 12.5. The van der Waals surface area contributed by atoms with Crippen LogP contribution < -0.4 is 5.32 Å². The summed E-state index contributed by atoms with van der Waals surface area (Å²) in [4.78, 5) is 21.5. The highest BCUT2D eigenvalue weighted by Gasteiger charge is 2.19. The number of carbonyl (C=O) groups is 1. The molecule has 0 fully saturated rings. The number of rotatable bonds is 4. The third kappa shape index (κ3) is 4.06. The van der Waals surface area contributed by atoms with Gasteiger partial charge in [-0.25, -0.2) is 9.97 Å². The molecule has 4 nitrogen and oxygen atoms in total. The average Bonchev–Trinajstić information content (AvgIpc) is 2.58. The van der Waals surface area contributed by atoms with E-state index < -0.39 is 0 Å². The molecule has 0 radical (unpaired) electrons. The number of hydrogen-bond donors (Lipinski definition) is 1. The molecule has 1 N–H and O–H groups in total. The normalized spacial score (nSPS) is 12.2. The van der Waals surface area contributed by atoms with Crippen molar-refractivity contribution < 1.29 is 4.79 Å². The minimum atomic E-state index is -0.384. The summed E-state index contributed by atoms with van der Waals surface area (Å²) in [6.07, 6.45) is 0. The number of halogens is 2. The van der Waals surface area contributed by atoms with Crippen molar-refractivity contribution >= 4 is 57.5 Å². The van der Waals surface area contributed by atoms with Gasteiger partial charge in [0.25, 0.3) is 0 Å². The van der Waals surface area contributed by atoms with Gasteiger partial charge in [0, 0.05) is 5.39 Å². The highest BCUT2D eigenvalue weighted by molar-refractivity contribution is 8.00. The van der Waals surface area contributed by atoms with Crippen LogP contribution in [0.5, 0.6) is 0 Å². The maximum absolute atomic E-state index is 12.5. The van der Waals surface area contributed by atoms with Gasteiger partial charge in [-0.3, -0.25) is 4.79 Å². The molecule has 0 saturated carbocycles. The Morgan fingerprint density at radius 3 is 2.48 bits per heavy atom. The Hall–Kier alpha value is -1.82. The van der Waals surface area contributed by atoms with E-state index in [-0.39, 0.29) is 11.2 Å². The first-order valence-corrected chi connectivity index (χ1v) is 9.24. The number of benzene rings is 2. The molecule has 0 aliphatic carbocycles. The van der Waals surface area contributed by atoms with Gasteiger partial charge in [0.2, 0.25) is 5.91 Å². The van der Waals surface area contributed by atoms with Crippen LogP contribution in [0.15, 0.2) is 47.5 Å². The van der Waals surface area contributed by atoms with Gasteiger partial charge in [0.15, 0.2) is 0 Å². The monoisotopic (exact) mass is 391 g/mol. The Bertz CT molecular complexity index is 929. The fraction of sp³-hybridized carbons (Fsp3) is 0.167. The largest absolute Gasteiger partial charge is 0.323 e. The van der Waals surface area contributed by atoms with Crippen molar-refractivity contribution in [3.05, 3.63) is 58.3 Å². The number of aryl methyl sites for hydroxylation is 1. The van der Waals surface area contributed by atoms with Crippen LogP contribution >= 0.6 is 35.0 Å². The van der Waals surface area contributed by atoms with Crippen molar-refractivity contribution in [3.8, 4) is 0 Å². The lowest BCUT2D eigenvalue weighted by Crippen LogP contribution is -2.23. The number of aromatic nitrogens is 2. The number of nitrogens with one attached hydrogen (secondary N) is 1. The smallest absolute Gasteiger partial charge is 0.237 e. The third-order valence-electron chi connectivity index (χ3n) is 3.55. The van der Waals surface area contributed by atoms with E-state index in [0.717, 1.165) is 15.9 Å². The van der Waals surface area contributed by atoms with Crippen LogP contribution in [0.4, 0.5) is 5.69 Å². The van der Waals surface area contributed by atoms with E-state index >= 15 is 0 Å².